The summed E-state index contributed by atoms with van der Waals surface area (Å²) in [7, 11) is 0. The fourth-order valence-corrected chi connectivity index (χ4v) is 0.687. The highest BCUT2D eigenvalue weighted by Gasteiger charge is 2.43. The largest absolute Gasteiger partial charge is 0.408 e. The summed E-state index contributed by atoms with van der Waals surface area (Å²) in [5.74, 6) is 0. The van der Waals surface area contributed by atoms with Gasteiger partial charge in [0, 0.05) is 0 Å². The molecule has 2 N–H and O–H groups in total. The topological polar surface area (TPSA) is 58.9 Å². The molecule has 1 saturated heterocycles. The van der Waals surface area contributed by atoms with E-state index in [9.17, 15) is 0 Å². The Morgan fingerprint density at radius 1 is 1.33 bits per heavy atom. The van der Waals surface area contributed by atoms with E-state index in [-0.39, 0.29) is 6.61 Å². The molecular weight excluding hydrogens is 124 g/mol. The molecule has 0 radical (unpaired) electrons. The molecule has 0 amide bonds. The zero-order chi connectivity index (χ0) is 7.12. The number of hydrogen-bond acceptors (Lipinski definition) is 4. The van der Waals surface area contributed by atoms with E-state index in [0.717, 1.165) is 0 Å². The van der Waals surface area contributed by atoms with Crippen molar-refractivity contribution in [2.45, 2.75) is 25.6 Å². The second kappa shape index (κ2) is 1.67. The molecule has 54 valence electrons. The standard InChI is InChI=1S/C5H10O4/c1-4(2)3-8-5(6,7)9-4/h6-7H,3H2,1-2H3. The van der Waals surface area contributed by atoms with Crippen LogP contribution in [0, 0.1) is 0 Å². The second-order valence-electron chi connectivity index (χ2n) is 2.70. The molecule has 0 aliphatic carbocycles. The monoisotopic (exact) mass is 134 g/mol. The van der Waals surface area contributed by atoms with E-state index in [4.69, 9.17) is 10.2 Å². The summed E-state index contributed by atoms with van der Waals surface area (Å²) in [5, 5.41) is 17.3. The zero-order valence-corrected chi connectivity index (χ0v) is 5.42. The van der Waals surface area contributed by atoms with Gasteiger partial charge in [-0.05, 0) is 13.8 Å². The fourth-order valence-electron chi connectivity index (χ4n) is 0.687. The van der Waals surface area contributed by atoms with Gasteiger partial charge >= 0.3 is 6.16 Å². The fraction of sp³-hybridized carbons (Fsp3) is 1.00. The number of aliphatic hydroxyl groups is 2. The first kappa shape index (κ1) is 6.95. The van der Waals surface area contributed by atoms with Crippen LogP contribution in [-0.2, 0) is 9.47 Å². The van der Waals surface area contributed by atoms with Gasteiger partial charge in [-0.1, -0.05) is 0 Å². The highest BCUT2D eigenvalue weighted by atomic mass is 17.0. The summed E-state index contributed by atoms with van der Waals surface area (Å²) in [5.41, 5.74) is -0.594. The third-order valence-electron chi connectivity index (χ3n) is 1.02. The summed E-state index contributed by atoms with van der Waals surface area (Å²) in [4.78, 5) is 0. The van der Waals surface area contributed by atoms with Crippen LogP contribution in [0.3, 0.4) is 0 Å². The Bertz CT molecular complexity index is 104. The summed E-state index contributed by atoms with van der Waals surface area (Å²) in [6.45, 7) is 3.61. The second-order valence-corrected chi connectivity index (χ2v) is 2.70. The molecule has 0 aromatic heterocycles. The van der Waals surface area contributed by atoms with E-state index < -0.39 is 11.8 Å². The van der Waals surface area contributed by atoms with Crippen molar-refractivity contribution >= 4 is 0 Å². The summed E-state index contributed by atoms with van der Waals surface area (Å²) < 4.78 is 9.07. The molecule has 1 rings (SSSR count). The molecular formula is C5H10O4. The molecule has 0 aromatic rings. The minimum atomic E-state index is -2.37. The van der Waals surface area contributed by atoms with Crippen molar-refractivity contribution < 1.29 is 19.7 Å². The van der Waals surface area contributed by atoms with E-state index in [0.29, 0.717) is 0 Å². The predicted molar refractivity (Wildman–Crippen MR) is 28.3 cm³/mol. The van der Waals surface area contributed by atoms with Gasteiger partial charge in [0.25, 0.3) is 0 Å². The van der Waals surface area contributed by atoms with E-state index in [1.165, 1.54) is 0 Å². The van der Waals surface area contributed by atoms with Crippen LogP contribution in [0.15, 0.2) is 0 Å². The van der Waals surface area contributed by atoms with Crippen LogP contribution in [-0.4, -0.2) is 28.6 Å². The predicted octanol–water partition coefficient (Wildman–Crippen LogP) is -0.592. The molecule has 9 heavy (non-hydrogen) atoms. The van der Waals surface area contributed by atoms with Crippen LogP contribution in [0.25, 0.3) is 0 Å². The van der Waals surface area contributed by atoms with Crippen molar-refractivity contribution in [2.24, 2.45) is 0 Å². The maximum Gasteiger partial charge on any atom is 0.408 e. The Hall–Kier alpha value is -0.160. The van der Waals surface area contributed by atoms with Crippen molar-refractivity contribution in [2.75, 3.05) is 6.61 Å². The van der Waals surface area contributed by atoms with E-state index in [2.05, 4.69) is 9.47 Å². The van der Waals surface area contributed by atoms with E-state index in [1.807, 2.05) is 0 Å². The molecule has 1 aliphatic heterocycles. The summed E-state index contributed by atoms with van der Waals surface area (Å²) in [6, 6.07) is 0. The third-order valence-corrected chi connectivity index (χ3v) is 1.02. The van der Waals surface area contributed by atoms with Gasteiger partial charge in [0.1, 0.15) is 0 Å². The van der Waals surface area contributed by atoms with Gasteiger partial charge in [-0.25, -0.2) is 0 Å². The smallest absolute Gasteiger partial charge is 0.319 e. The molecule has 0 bridgehead atoms. The number of ether oxygens (including phenoxy) is 2. The Labute approximate surface area is 53.0 Å². The first-order valence-corrected chi connectivity index (χ1v) is 2.70. The van der Waals surface area contributed by atoms with Gasteiger partial charge in [-0.2, -0.15) is 0 Å². The Morgan fingerprint density at radius 3 is 2.00 bits per heavy atom. The van der Waals surface area contributed by atoms with Crippen molar-refractivity contribution in [1.29, 1.82) is 0 Å². The lowest BCUT2D eigenvalue weighted by Crippen LogP contribution is -2.32. The Balaban J connectivity index is 2.58. The van der Waals surface area contributed by atoms with Crippen LogP contribution >= 0.6 is 0 Å². The highest BCUT2D eigenvalue weighted by molar-refractivity contribution is 4.72. The normalized spacial score (nSPS) is 30.7. The van der Waals surface area contributed by atoms with Gasteiger partial charge in [0.15, 0.2) is 0 Å². The minimum absolute atomic E-state index is 0.194. The quantitative estimate of drug-likeness (QED) is 0.435. The van der Waals surface area contributed by atoms with Crippen molar-refractivity contribution in [1.82, 2.24) is 0 Å². The number of hydrogen-bond donors (Lipinski definition) is 2. The lowest BCUT2D eigenvalue weighted by Gasteiger charge is -2.16. The van der Waals surface area contributed by atoms with E-state index >= 15 is 0 Å². The van der Waals surface area contributed by atoms with Crippen LogP contribution < -0.4 is 0 Å². The van der Waals surface area contributed by atoms with Crippen LogP contribution in [0.1, 0.15) is 13.8 Å². The average Bonchev–Trinajstić information content (AvgIpc) is 1.78. The van der Waals surface area contributed by atoms with Crippen LogP contribution in [0.5, 0.6) is 0 Å². The van der Waals surface area contributed by atoms with Crippen LogP contribution in [0.4, 0.5) is 0 Å². The molecule has 1 fully saturated rings. The minimum Gasteiger partial charge on any atom is -0.319 e. The molecule has 1 heterocycles. The van der Waals surface area contributed by atoms with Crippen molar-refractivity contribution in [3.8, 4) is 0 Å². The third kappa shape index (κ3) is 1.62. The van der Waals surface area contributed by atoms with Gasteiger partial charge in [-0.15, -0.1) is 0 Å². The maximum absolute atomic E-state index is 8.64. The first-order valence-electron chi connectivity index (χ1n) is 2.70. The molecule has 0 unspecified atom stereocenters. The Kier molecular flexibility index (Phi) is 1.29. The first-order chi connectivity index (χ1) is 3.91. The summed E-state index contributed by atoms with van der Waals surface area (Å²) in [6.07, 6.45) is -2.37. The molecule has 1 aliphatic rings. The lowest BCUT2D eigenvalue weighted by atomic mass is 10.2. The van der Waals surface area contributed by atoms with Gasteiger partial charge in [0.05, 0.1) is 12.2 Å². The van der Waals surface area contributed by atoms with Gasteiger partial charge in [-0.3, -0.25) is 4.74 Å². The molecule has 0 saturated carbocycles. The van der Waals surface area contributed by atoms with Crippen molar-refractivity contribution in [3.05, 3.63) is 0 Å². The highest BCUT2D eigenvalue weighted by Crippen LogP contribution is 2.26. The Morgan fingerprint density at radius 2 is 1.89 bits per heavy atom. The lowest BCUT2D eigenvalue weighted by molar-refractivity contribution is -0.439. The average molecular weight is 134 g/mol. The molecule has 0 spiro atoms. The molecule has 4 nitrogen and oxygen atoms in total. The molecule has 4 heteroatoms. The molecule has 0 aromatic carbocycles. The maximum atomic E-state index is 8.64. The molecule has 0 atom stereocenters. The van der Waals surface area contributed by atoms with E-state index in [1.54, 1.807) is 13.8 Å². The van der Waals surface area contributed by atoms with Crippen LogP contribution in [0.2, 0.25) is 0 Å². The van der Waals surface area contributed by atoms with Crippen molar-refractivity contribution in [3.63, 3.8) is 0 Å². The van der Waals surface area contributed by atoms with Gasteiger partial charge in [0.2, 0.25) is 0 Å². The number of rotatable bonds is 0. The van der Waals surface area contributed by atoms with Gasteiger partial charge < -0.3 is 14.9 Å². The summed E-state index contributed by atoms with van der Waals surface area (Å²) >= 11 is 0. The zero-order valence-electron chi connectivity index (χ0n) is 5.42. The SMILES string of the molecule is CC1(C)COC(O)(O)O1.